The molecule has 96 valence electrons. The van der Waals surface area contributed by atoms with Crippen LogP contribution in [0.3, 0.4) is 0 Å². The lowest BCUT2D eigenvalue weighted by Gasteiger charge is -2.19. The van der Waals surface area contributed by atoms with E-state index >= 15 is 0 Å². The fraction of sp³-hybridized carbons (Fsp3) is 0.600. The molecule has 1 fully saturated rings. The predicted octanol–water partition coefficient (Wildman–Crippen LogP) is 1.03. The van der Waals surface area contributed by atoms with E-state index in [1.165, 1.54) is 0 Å². The summed E-state index contributed by atoms with van der Waals surface area (Å²) in [7, 11) is 1.79. The molecule has 1 aromatic heterocycles. The van der Waals surface area contributed by atoms with Gasteiger partial charge in [0.15, 0.2) is 0 Å². The summed E-state index contributed by atoms with van der Waals surface area (Å²) in [5.74, 6) is 2.59. The lowest BCUT2D eigenvalue weighted by molar-refractivity contribution is -0.131. The first kappa shape index (κ1) is 14.3. The lowest BCUT2D eigenvalue weighted by Crippen LogP contribution is -2.42. The highest BCUT2D eigenvalue weighted by atomic mass is 35.5. The van der Waals surface area contributed by atoms with Crippen LogP contribution >= 0.6 is 24.2 Å². The summed E-state index contributed by atoms with van der Waals surface area (Å²) in [6, 6.07) is 1.80. The molecular weight excluding hydrogens is 262 g/mol. The second-order valence-corrected chi connectivity index (χ2v) is 4.93. The van der Waals surface area contributed by atoms with Crippen LogP contribution in [-0.2, 0) is 11.3 Å². The van der Waals surface area contributed by atoms with E-state index in [0.29, 0.717) is 6.54 Å². The molecule has 5 nitrogen and oxygen atoms in total. The first-order chi connectivity index (χ1) is 7.66. The molecule has 0 aromatic carbocycles. The van der Waals surface area contributed by atoms with Crippen molar-refractivity contribution in [3.63, 3.8) is 0 Å². The summed E-state index contributed by atoms with van der Waals surface area (Å²) >= 11 is 1.75. The van der Waals surface area contributed by atoms with Crippen molar-refractivity contribution in [1.82, 2.24) is 15.4 Å². The van der Waals surface area contributed by atoms with Crippen molar-refractivity contribution in [3.05, 3.63) is 17.5 Å². The van der Waals surface area contributed by atoms with Crippen LogP contribution in [0.4, 0.5) is 0 Å². The minimum atomic E-state index is -0.0528. The van der Waals surface area contributed by atoms with Crippen LogP contribution in [0.25, 0.3) is 0 Å². The molecule has 1 aliphatic heterocycles. The van der Waals surface area contributed by atoms with Crippen LogP contribution in [0, 0.1) is 6.92 Å². The van der Waals surface area contributed by atoms with Gasteiger partial charge in [0.25, 0.3) is 0 Å². The van der Waals surface area contributed by atoms with Crippen molar-refractivity contribution < 1.29 is 9.32 Å². The zero-order valence-electron chi connectivity index (χ0n) is 9.80. The second kappa shape index (κ2) is 6.28. The molecule has 0 aliphatic carbocycles. The Morgan fingerprint density at radius 2 is 2.53 bits per heavy atom. The Kier molecular flexibility index (Phi) is 5.30. The van der Waals surface area contributed by atoms with E-state index in [0.717, 1.165) is 23.1 Å². The molecule has 17 heavy (non-hydrogen) atoms. The normalized spacial score (nSPS) is 18.8. The van der Waals surface area contributed by atoms with Crippen molar-refractivity contribution in [1.29, 1.82) is 0 Å². The molecule has 2 rings (SSSR count). The van der Waals surface area contributed by atoms with Crippen molar-refractivity contribution >= 4 is 30.1 Å². The minimum Gasteiger partial charge on any atom is -0.361 e. The van der Waals surface area contributed by atoms with Crippen molar-refractivity contribution in [2.45, 2.75) is 19.5 Å². The number of carbonyl (C=O) groups excluding carboxylic acids is 1. The first-order valence-electron chi connectivity index (χ1n) is 5.15. The number of thioether (sulfide) groups is 1. The van der Waals surface area contributed by atoms with Gasteiger partial charge in [0.1, 0.15) is 11.5 Å². The van der Waals surface area contributed by atoms with Gasteiger partial charge in [-0.25, -0.2) is 0 Å². The number of rotatable bonds is 3. The third-order valence-electron chi connectivity index (χ3n) is 2.47. The predicted molar refractivity (Wildman–Crippen MR) is 69.2 cm³/mol. The summed E-state index contributed by atoms with van der Waals surface area (Å²) in [6.45, 7) is 2.34. The molecule has 1 unspecified atom stereocenters. The molecular formula is C10H16ClN3O2S. The largest absolute Gasteiger partial charge is 0.361 e. The number of amides is 1. The number of likely N-dealkylation sites (N-methyl/N-ethyl adjacent to an activating group) is 1. The summed E-state index contributed by atoms with van der Waals surface area (Å²) < 4.78 is 4.96. The Morgan fingerprint density at radius 1 is 1.76 bits per heavy atom. The lowest BCUT2D eigenvalue weighted by atomic mass is 10.3. The highest BCUT2D eigenvalue weighted by Crippen LogP contribution is 2.12. The van der Waals surface area contributed by atoms with E-state index in [4.69, 9.17) is 4.52 Å². The number of nitrogens with one attached hydrogen (secondary N) is 1. The zero-order valence-corrected chi connectivity index (χ0v) is 11.4. The SMILES string of the molecule is Cc1cc(CN(C)C(=O)C2CSCN2)no1.Cl. The molecule has 0 spiro atoms. The van der Waals surface area contributed by atoms with Crippen molar-refractivity contribution in [3.8, 4) is 0 Å². The van der Waals surface area contributed by atoms with Crippen molar-refractivity contribution in [2.75, 3.05) is 18.7 Å². The minimum absolute atomic E-state index is 0. The first-order valence-corrected chi connectivity index (χ1v) is 6.30. The second-order valence-electron chi connectivity index (χ2n) is 3.90. The fourth-order valence-electron chi connectivity index (χ4n) is 1.63. The molecule has 1 atom stereocenters. The van der Waals surface area contributed by atoms with Gasteiger partial charge < -0.3 is 9.42 Å². The van der Waals surface area contributed by atoms with Gasteiger partial charge in [-0.05, 0) is 6.92 Å². The maximum atomic E-state index is 11.9. The quantitative estimate of drug-likeness (QED) is 0.894. The standard InChI is InChI=1S/C10H15N3O2S.ClH/c1-7-3-8(12-15-7)4-13(2)10(14)9-5-16-6-11-9;/h3,9,11H,4-6H2,1-2H3;1H. The number of hydrogen-bond acceptors (Lipinski definition) is 5. The fourth-order valence-corrected chi connectivity index (χ4v) is 2.57. The zero-order chi connectivity index (χ0) is 11.5. The maximum Gasteiger partial charge on any atom is 0.240 e. The number of aromatic nitrogens is 1. The number of halogens is 1. The smallest absolute Gasteiger partial charge is 0.240 e. The van der Waals surface area contributed by atoms with E-state index in [1.807, 2.05) is 13.0 Å². The number of hydrogen-bond donors (Lipinski definition) is 1. The molecule has 1 saturated heterocycles. The summed E-state index contributed by atoms with van der Waals surface area (Å²) in [6.07, 6.45) is 0. The monoisotopic (exact) mass is 277 g/mol. The molecule has 0 radical (unpaired) electrons. The Bertz CT molecular complexity index is 379. The van der Waals surface area contributed by atoms with E-state index in [2.05, 4.69) is 10.5 Å². The molecule has 1 aliphatic rings. The summed E-state index contributed by atoms with van der Waals surface area (Å²) in [5, 5.41) is 7.03. The third-order valence-corrected chi connectivity index (χ3v) is 3.41. The van der Waals surface area contributed by atoms with Gasteiger partial charge >= 0.3 is 0 Å². The average molecular weight is 278 g/mol. The third kappa shape index (κ3) is 3.62. The highest BCUT2D eigenvalue weighted by Gasteiger charge is 2.25. The Morgan fingerprint density at radius 3 is 3.06 bits per heavy atom. The van der Waals surface area contributed by atoms with Crippen LogP contribution < -0.4 is 5.32 Å². The molecule has 2 heterocycles. The molecule has 0 bridgehead atoms. The van der Waals surface area contributed by atoms with E-state index in [-0.39, 0.29) is 24.4 Å². The van der Waals surface area contributed by atoms with Crippen LogP contribution in [-0.4, -0.2) is 40.7 Å². The maximum absolute atomic E-state index is 11.9. The van der Waals surface area contributed by atoms with Gasteiger partial charge in [-0.1, -0.05) is 5.16 Å². The van der Waals surface area contributed by atoms with Gasteiger partial charge in [0, 0.05) is 24.7 Å². The number of aryl methyl sites for hydroxylation is 1. The topological polar surface area (TPSA) is 58.4 Å². The Balaban J connectivity index is 0.00000144. The number of carbonyl (C=O) groups is 1. The Hall–Kier alpha value is -0.720. The molecule has 1 amide bonds. The van der Waals surface area contributed by atoms with Crippen LogP contribution in [0.5, 0.6) is 0 Å². The van der Waals surface area contributed by atoms with Gasteiger partial charge in [-0.2, -0.15) is 0 Å². The van der Waals surface area contributed by atoms with E-state index in [9.17, 15) is 4.79 Å². The average Bonchev–Trinajstić information content (AvgIpc) is 2.88. The van der Waals surface area contributed by atoms with E-state index < -0.39 is 0 Å². The summed E-state index contributed by atoms with van der Waals surface area (Å²) in [4.78, 5) is 13.6. The molecule has 0 saturated carbocycles. The van der Waals surface area contributed by atoms with Gasteiger partial charge in [-0.3, -0.25) is 10.1 Å². The van der Waals surface area contributed by atoms with Gasteiger partial charge in [0.05, 0.1) is 12.6 Å². The number of nitrogens with zero attached hydrogens (tertiary/aromatic N) is 2. The highest BCUT2D eigenvalue weighted by molar-refractivity contribution is 7.99. The molecule has 7 heteroatoms. The van der Waals surface area contributed by atoms with Gasteiger partial charge in [0.2, 0.25) is 5.91 Å². The van der Waals surface area contributed by atoms with Crippen LogP contribution in [0.1, 0.15) is 11.5 Å². The van der Waals surface area contributed by atoms with Crippen LogP contribution in [0.15, 0.2) is 10.6 Å². The van der Waals surface area contributed by atoms with Crippen LogP contribution in [0.2, 0.25) is 0 Å². The Labute approximate surface area is 111 Å². The summed E-state index contributed by atoms with van der Waals surface area (Å²) in [5.41, 5.74) is 0.791. The van der Waals surface area contributed by atoms with Crippen molar-refractivity contribution in [2.24, 2.45) is 0 Å². The molecule has 1 aromatic rings. The van der Waals surface area contributed by atoms with E-state index in [1.54, 1.807) is 23.7 Å². The molecule has 1 N–H and O–H groups in total. The van der Waals surface area contributed by atoms with Gasteiger partial charge in [-0.15, -0.1) is 24.2 Å².